The van der Waals surface area contributed by atoms with Crippen molar-refractivity contribution in [2.75, 3.05) is 20.8 Å². The van der Waals surface area contributed by atoms with Crippen molar-refractivity contribution in [3.63, 3.8) is 0 Å². The van der Waals surface area contributed by atoms with Crippen LogP contribution < -0.4 is 20.1 Å². The minimum absolute atomic E-state index is 0.451. The van der Waals surface area contributed by atoms with Crippen LogP contribution in [0.15, 0.2) is 18.2 Å². The molecule has 1 saturated carbocycles. The first-order chi connectivity index (χ1) is 9.22. The molecule has 1 fully saturated rings. The Kier molecular flexibility index (Phi) is 5.05. The molecular weight excluding hydrogens is 240 g/mol. The van der Waals surface area contributed by atoms with E-state index in [0.717, 1.165) is 36.2 Å². The van der Waals surface area contributed by atoms with E-state index in [-0.39, 0.29) is 0 Å². The van der Waals surface area contributed by atoms with Crippen LogP contribution in [0.5, 0.6) is 11.5 Å². The van der Waals surface area contributed by atoms with Gasteiger partial charge in [0.25, 0.3) is 0 Å². The van der Waals surface area contributed by atoms with Crippen LogP contribution in [-0.4, -0.2) is 32.8 Å². The minimum Gasteiger partial charge on any atom is -0.497 e. The van der Waals surface area contributed by atoms with Gasteiger partial charge < -0.3 is 20.1 Å². The Morgan fingerprint density at radius 1 is 1.26 bits per heavy atom. The van der Waals surface area contributed by atoms with Crippen LogP contribution in [0, 0.1) is 0 Å². The Hall–Kier alpha value is -1.26. The van der Waals surface area contributed by atoms with Gasteiger partial charge in [-0.2, -0.15) is 0 Å². The number of nitrogens with one attached hydrogen (secondary N) is 2. The minimum atomic E-state index is 0.451. The molecule has 0 bridgehead atoms. The van der Waals surface area contributed by atoms with Crippen LogP contribution in [0.1, 0.15) is 25.3 Å². The highest BCUT2D eigenvalue weighted by Crippen LogP contribution is 2.24. The van der Waals surface area contributed by atoms with Gasteiger partial charge in [-0.25, -0.2) is 0 Å². The SMILES string of the molecule is COc1ccc(CNC(C)CNC2CC2)c(OC)c1. The quantitative estimate of drug-likeness (QED) is 0.753. The molecule has 1 atom stereocenters. The lowest BCUT2D eigenvalue weighted by atomic mass is 10.1. The summed E-state index contributed by atoms with van der Waals surface area (Å²) in [5.41, 5.74) is 1.15. The number of hydrogen-bond acceptors (Lipinski definition) is 4. The second kappa shape index (κ2) is 6.78. The van der Waals surface area contributed by atoms with Crippen molar-refractivity contribution in [3.8, 4) is 11.5 Å². The summed E-state index contributed by atoms with van der Waals surface area (Å²) in [4.78, 5) is 0. The molecule has 4 heteroatoms. The van der Waals surface area contributed by atoms with Crippen LogP contribution in [0.3, 0.4) is 0 Å². The van der Waals surface area contributed by atoms with Gasteiger partial charge in [0, 0.05) is 36.8 Å². The van der Waals surface area contributed by atoms with Gasteiger partial charge in [-0.1, -0.05) is 6.07 Å². The van der Waals surface area contributed by atoms with Gasteiger partial charge in [-0.05, 0) is 25.8 Å². The predicted molar refractivity (Wildman–Crippen MR) is 76.9 cm³/mol. The van der Waals surface area contributed by atoms with Crippen LogP contribution in [0.2, 0.25) is 0 Å². The fourth-order valence-corrected chi connectivity index (χ4v) is 1.99. The predicted octanol–water partition coefficient (Wildman–Crippen LogP) is 1.93. The van der Waals surface area contributed by atoms with E-state index in [2.05, 4.69) is 17.6 Å². The lowest BCUT2D eigenvalue weighted by molar-refractivity contribution is 0.388. The Balaban J connectivity index is 1.83. The molecule has 0 amide bonds. The normalized spacial score (nSPS) is 16.2. The van der Waals surface area contributed by atoms with Crippen molar-refractivity contribution in [1.82, 2.24) is 10.6 Å². The van der Waals surface area contributed by atoms with E-state index >= 15 is 0 Å². The first kappa shape index (κ1) is 14.2. The lowest BCUT2D eigenvalue weighted by Crippen LogP contribution is -2.36. The number of ether oxygens (including phenoxy) is 2. The molecule has 2 N–H and O–H groups in total. The second-order valence-electron chi connectivity index (χ2n) is 5.14. The first-order valence-electron chi connectivity index (χ1n) is 6.90. The molecule has 1 aliphatic carbocycles. The summed E-state index contributed by atoms with van der Waals surface area (Å²) >= 11 is 0. The molecule has 0 aromatic heterocycles. The van der Waals surface area contributed by atoms with Gasteiger partial charge in [0.2, 0.25) is 0 Å². The molecule has 1 aliphatic rings. The lowest BCUT2D eigenvalue weighted by Gasteiger charge is -2.16. The van der Waals surface area contributed by atoms with Crippen molar-refractivity contribution >= 4 is 0 Å². The fraction of sp³-hybridized carbons (Fsp3) is 0.600. The van der Waals surface area contributed by atoms with Crippen molar-refractivity contribution in [2.24, 2.45) is 0 Å². The summed E-state index contributed by atoms with van der Waals surface area (Å²) < 4.78 is 10.6. The topological polar surface area (TPSA) is 42.5 Å². The maximum atomic E-state index is 5.39. The van der Waals surface area contributed by atoms with Gasteiger partial charge in [0.1, 0.15) is 11.5 Å². The molecule has 106 valence electrons. The van der Waals surface area contributed by atoms with E-state index in [4.69, 9.17) is 9.47 Å². The van der Waals surface area contributed by atoms with E-state index in [1.807, 2.05) is 18.2 Å². The zero-order chi connectivity index (χ0) is 13.7. The monoisotopic (exact) mass is 264 g/mol. The maximum Gasteiger partial charge on any atom is 0.127 e. The Bertz CT molecular complexity index is 405. The smallest absolute Gasteiger partial charge is 0.127 e. The molecule has 19 heavy (non-hydrogen) atoms. The van der Waals surface area contributed by atoms with E-state index in [9.17, 15) is 0 Å². The third-order valence-electron chi connectivity index (χ3n) is 3.43. The average molecular weight is 264 g/mol. The molecule has 1 unspecified atom stereocenters. The summed E-state index contributed by atoms with van der Waals surface area (Å²) in [7, 11) is 3.36. The van der Waals surface area contributed by atoms with Crippen LogP contribution >= 0.6 is 0 Å². The van der Waals surface area contributed by atoms with E-state index in [1.54, 1.807) is 14.2 Å². The molecule has 0 heterocycles. The first-order valence-corrected chi connectivity index (χ1v) is 6.90. The van der Waals surface area contributed by atoms with Gasteiger partial charge >= 0.3 is 0 Å². The standard InChI is InChI=1S/C15H24N2O2/c1-11(9-17-13-5-6-13)16-10-12-4-7-14(18-2)8-15(12)19-3/h4,7-8,11,13,16-17H,5-6,9-10H2,1-3H3. The second-order valence-corrected chi connectivity index (χ2v) is 5.14. The summed E-state index contributed by atoms with van der Waals surface area (Å²) in [5.74, 6) is 1.69. The van der Waals surface area contributed by atoms with Crippen molar-refractivity contribution < 1.29 is 9.47 Å². The van der Waals surface area contributed by atoms with Gasteiger partial charge in [-0.15, -0.1) is 0 Å². The Morgan fingerprint density at radius 2 is 2.05 bits per heavy atom. The third kappa shape index (κ3) is 4.40. The van der Waals surface area contributed by atoms with Crippen LogP contribution in [0.25, 0.3) is 0 Å². The molecule has 2 rings (SSSR count). The van der Waals surface area contributed by atoms with E-state index in [0.29, 0.717) is 6.04 Å². The highest BCUT2D eigenvalue weighted by molar-refractivity contribution is 5.40. The number of methoxy groups -OCH3 is 2. The van der Waals surface area contributed by atoms with Crippen LogP contribution in [-0.2, 0) is 6.54 Å². The zero-order valence-electron chi connectivity index (χ0n) is 12.0. The van der Waals surface area contributed by atoms with Gasteiger partial charge in [0.15, 0.2) is 0 Å². The number of rotatable bonds is 8. The van der Waals surface area contributed by atoms with E-state index in [1.165, 1.54) is 12.8 Å². The third-order valence-corrected chi connectivity index (χ3v) is 3.43. The largest absolute Gasteiger partial charge is 0.497 e. The molecule has 0 radical (unpaired) electrons. The van der Waals surface area contributed by atoms with Crippen molar-refractivity contribution in [3.05, 3.63) is 23.8 Å². The summed E-state index contributed by atoms with van der Waals surface area (Å²) in [6.07, 6.45) is 2.66. The number of hydrogen-bond donors (Lipinski definition) is 2. The molecule has 0 aliphatic heterocycles. The molecular formula is C15H24N2O2. The summed E-state index contributed by atoms with van der Waals surface area (Å²) in [6.45, 7) is 4.02. The summed E-state index contributed by atoms with van der Waals surface area (Å²) in [6, 6.07) is 7.15. The summed E-state index contributed by atoms with van der Waals surface area (Å²) in [5, 5.41) is 7.04. The van der Waals surface area contributed by atoms with Crippen molar-refractivity contribution in [2.45, 2.75) is 38.4 Å². The molecule has 4 nitrogen and oxygen atoms in total. The molecule has 1 aromatic carbocycles. The number of benzene rings is 1. The Morgan fingerprint density at radius 3 is 2.68 bits per heavy atom. The maximum absolute atomic E-state index is 5.39. The van der Waals surface area contributed by atoms with E-state index < -0.39 is 0 Å². The fourth-order valence-electron chi connectivity index (χ4n) is 1.99. The highest BCUT2D eigenvalue weighted by Gasteiger charge is 2.20. The van der Waals surface area contributed by atoms with Gasteiger partial charge in [0.05, 0.1) is 14.2 Å². The molecule has 1 aromatic rings. The zero-order valence-corrected chi connectivity index (χ0v) is 12.0. The average Bonchev–Trinajstić information content (AvgIpc) is 3.26. The Labute approximate surface area is 115 Å². The van der Waals surface area contributed by atoms with Gasteiger partial charge in [-0.3, -0.25) is 0 Å². The van der Waals surface area contributed by atoms with Crippen LogP contribution in [0.4, 0.5) is 0 Å². The highest BCUT2D eigenvalue weighted by atomic mass is 16.5. The molecule has 0 spiro atoms. The van der Waals surface area contributed by atoms with Crippen molar-refractivity contribution in [1.29, 1.82) is 0 Å². The molecule has 0 saturated heterocycles.